The minimum Gasteiger partial charge on any atom is -0.308 e. The lowest BCUT2D eigenvalue weighted by atomic mass is 10.1. The molecule has 0 radical (unpaired) electrons. The van der Waals surface area contributed by atoms with Gasteiger partial charge in [0.15, 0.2) is 17.5 Å². The third kappa shape index (κ3) is 1.95. The molecule has 102 valence electrons. The highest BCUT2D eigenvalue weighted by atomic mass is 19.2. The van der Waals surface area contributed by atoms with Crippen LogP contribution in [0.4, 0.5) is 18.9 Å². The molecule has 0 atom stereocenters. The van der Waals surface area contributed by atoms with E-state index in [0.717, 1.165) is 23.4 Å². The van der Waals surface area contributed by atoms with E-state index in [1.165, 1.54) is 4.90 Å². The Kier molecular flexibility index (Phi) is 2.97. The van der Waals surface area contributed by atoms with Gasteiger partial charge in [-0.15, -0.1) is 0 Å². The summed E-state index contributed by atoms with van der Waals surface area (Å²) < 4.78 is 39.3. The maximum atomic E-state index is 13.2. The number of nitrogens with zero attached hydrogens (tertiary/aromatic N) is 1. The second-order valence-electron chi connectivity index (χ2n) is 4.59. The molecule has 2 aromatic carbocycles. The molecule has 2 nitrogen and oxygen atoms in total. The zero-order valence-electron chi connectivity index (χ0n) is 10.4. The van der Waals surface area contributed by atoms with Gasteiger partial charge in [-0.2, -0.15) is 0 Å². The number of halogens is 3. The Morgan fingerprint density at radius 2 is 1.70 bits per heavy atom. The van der Waals surface area contributed by atoms with Crippen LogP contribution in [-0.2, 0) is 6.42 Å². The summed E-state index contributed by atoms with van der Waals surface area (Å²) in [7, 11) is 0. The fourth-order valence-corrected chi connectivity index (χ4v) is 2.38. The van der Waals surface area contributed by atoms with Crippen molar-refractivity contribution in [2.24, 2.45) is 0 Å². The smallest absolute Gasteiger partial charge is 0.258 e. The molecule has 3 rings (SSSR count). The molecule has 20 heavy (non-hydrogen) atoms. The Labute approximate surface area is 113 Å². The minimum absolute atomic E-state index is 0.196. The first kappa shape index (κ1) is 12.7. The van der Waals surface area contributed by atoms with Crippen molar-refractivity contribution in [1.82, 2.24) is 0 Å². The SMILES string of the molecule is O=C(c1cc(F)c(F)c(F)c1)N1CCc2ccccc21. The Bertz CT molecular complexity index is 676. The topological polar surface area (TPSA) is 20.3 Å². The molecule has 0 aliphatic carbocycles. The van der Waals surface area contributed by atoms with Crippen LogP contribution in [-0.4, -0.2) is 12.5 Å². The molecular formula is C15H10F3NO. The maximum absolute atomic E-state index is 13.2. The van der Waals surface area contributed by atoms with Gasteiger partial charge in [0.25, 0.3) is 5.91 Å². The Morgan fingerprint density at radius 3 is 2.40 bits per heavy atom. The largest absolute Gasteiger partial charge is 0.308 e. The average molecular weight is 277 g/mol. The lowest BCUT2D eigenvalue weighted by molar-refractivity contribution is 0.0988. The third-order valence-corrected chi connectivity index (χ3v) is 3.36. The summed E-state index contributed by atoms with van der Waals surface area (Å²) in [5.41, 5.74) is 1.53. The van der Waals surface area contributed by atoms with Crippen molar-refractivity contribution in [2.45, 2.75) is 6.42 Å². The summed E-state index contributed by atoms with van der Waals surface area (Å²) in [6, 6.07) is 8.77. The summed E-state index contributed by atoms with van der Waals surface area (Å²) in [5, 5.41) is 0. The zero-order valence-corrected chi connectivity index (χ0v) is 10.4. The van der Waals surface area contributed by atoms with Crippen LogP contribution >= 0.6 is 0 Å². The number of rotatable bonds is 1. The maximum Gasteiger partial charge on any atom is 0.258 e. The summed E-state index contributed by atoms with van der Waals surface area (Å²) in [4.78, 5) is 13.7. The molecule has 0 fully saturated rings. The standard InChI is InChI=1S/C15H10F3NO/c16-11-7-10(8-12(17)14(11)18)15(20)19-6-5-9-3-1-2-4-13(9)19/h1-4,7-8H,5-6H2. The molecule has 1 aliphatic rings. The summed E-state index contributed by atoms with van der Waals surface area (Å²) >= 11 is 0. The van der Waals surface area contributed by atoms with Gasteiger partial charge in [-0.1, -0.05) is 18.2 Å². The Morgan fingerprint density at radius 1 is 1.05 bits per heavy atom. The van der Waals surface area contributed by atoms with E-state index >= 15 is 0 Å². The number of para-hydroxylation sites is 1. The molecule has 0 saturated carbocycles. The van der Waals surface area contributed by atoms with E-state index in [2.05, 4.69) is 0 Å². The number of anilines is 1. The second kappa shape index (κ2) is 4.67. The van der Waals surface area contributed by atoms with Gasteiger partial charge in [-0.05, 0) is 30.2 Å². The highest BCUT2D eigenvalue weighted by Gasteiger charge is 2.26. The monoisotopic (exact) mass is 277 g/mol. The normalized spacial score (nSPS) is 13.4. The number of hydrogen-bond acceptors (Lipinski definition) is 1. The first-order valence-electron chi connectivity index (χ1n) is 6.12. The predicted molar refractivity (Wildman–Crippen MR) is 68.1 cm³/mol. The third-order valence-electron chi connectivity index (χ3n) is 3.36. The minimum atomic E-state index is -1.57. The van der Waals surface area contributed by atoms with Gasteiger partial charge < -0.3 is 4.90 Å². The molecule has 0 unspecified atom stereocenters. The van der Waals surface area contributed by atoms with Gasteiger partial charge in [0.2, 0.25) is 0 Å². The molecule has 1 amide bonds. The lowest BCUT2D eigenvalue weighted by Gasteiger charge is -2.17. The predicted octanol–water partition coefficient (Wildman–Crippen LogP) is 3.31. The van der Waals surface area contributed by atoms with Crippen molar-refractivity contribution in [1.29, 1.82) is 0 Å². The van der Waals surface area contributed by atoms with Crippen molar-refractivity contribution in [3.63, 3.8) is 0 Å². The molecule has 5 heteroatoms. The number of carbonyl (C=O) groups is 1. The van der Waals surface area contributed by atoms with E-state index < -0.39 is 23.4 Å². The molecule has 0 bridgehead atoms. The quantitative estimate of drug-likeness (QED) is 0.732. The van der Waals surface area contributed by atoms with Crippen LogP contribution < -0.4 is 4.90 Å². The second-order valence-corrected chi connectivity index (χ2v) is 4.59. The van der Waals surface area contributed by atoms with E-state index in [1.54, 1.807) is 12.1 Å². The van der Waals surface area contributed by atoms with Crippen molar-refractivity contribution in [2.75, 3.05) is 11.4 Å². The lowest BCUT2D eigenvalue weighted by Crippen LogP contribution is -2.29. The Balaban J connectivity index is 1.99. The van der Waals surface area contributed by atoms with Gasteiger partial charge in [0.1, 0.15) is 0 Å². The van der Waals surface area contributed by atoms with E-state index in [4.69, 9.17) is 0 Å². The molecule has 0 saturated heterocycles. The van der Waals surface area contributed by atoms with Crippen LogP contribution in [0.1, 0.15) is 15.9 Å². The molecule has 1 heterocycles. The van der Waals surface area contributed by atoms with Crippen molar-refractivity contribution >= 4 is 11.6 Å². The van der Waals surface area contributed by atoms with Crippen LogP contribution in [0.25, 0.3) is 0 Å². The van der Waals surface area contributed by atoms with E-state index in [1.807, 2.05) is 12.1 Å². The van der Waals surface area contributed by atoms with Crippen molar-refractivity contribution < 1.29 is 18.0 Å². The van der Waals surface area contributed by atoms with Crippen molar-refractivity contribution in [3.05, 3.63) is 65.0 Å². The van der Waals surface area contributed by atoms with Crippen LogP contribution in [0.15, 0.2) is 36.4 Å². The van der Waals surface area contributed by atoms with Gasteiger partial charge in [-0.25, -0.2) is 13.2 Å². The summed E-state index contributed by atoms with van der Waals surface area (Å²) in [5.74, 6) is -4.82. The fourth-order valence-electron chi connectivity index (χ4n) is 2.38. The fraction of sp³-hybridized carbons (Fsp3) is 0.133. The van der Waals surface area contributed by atoms with Crippen molar-refractivity contribution in [3.8, 4) is 0 Å². The number of fused-ring (bicyclic) bond motifs is 1. The van der Waals surface area contributed by atoms with E-state index in [-0.39, 0.29) is 5.56 Å². The number of carbonyl (C=O) groups excluding carboxylic acids is 1. The van der Waals surface area contributed by atoms with Gasteiger partial charge in [-0.3, -0.25) is 4.79 Å². The highest BCUT2D eigenvalue weighted by Crippen LogP contribution is 2.29. The zero-order chi connectivity index (χ0) is 14.3. The highest BCUT2D eigenvalue weighted by molar-refractivity contribution is 6.07. The van der Waals surface area contributed by atoms with Gasteiger partial charge in [0, 0.05) is 17.8 Å². The van der Waals surface area contributed by atoms with E-state index in [9.17, 15) is 18.0 Å². The van der Waals surface area contributed by atoms with Gasteiger partial charge in [0.05, 0.1) is 0 Å². The molecule has 0 N–H and O–H groups in total. The average Bonchev–Trinajstić information content (AvgIpc) is 2.87. The number of hydrogen-bond donors (Lipinski definition) is 0. The van der Waals surface area contributed by atoms with E-state index in [0.29, 0.717) is 13.0 Å². The van der Waals surface area contributed by atoms with Crippen LogP contribution in [0.3, 0.4) is 0 Å². The summed E-state index contributed by atoms with van der Waals surface area (Å²) in [6.07, 6.45) is 0.689. The van der Waals surface area contributed by atoms with Crippen LogP contribution in [0.5, 0.6) is 0 Å². The molecular weight excluding hydrogens is 267 g/mol. The summed E-state index contributed by atoms with van der Waals surface area (Å²) in [6.45, 7) is 0.443. The number of benzene rings is 2. The van der Waals surface area contributed by atoms with Crippen LogP contribution in [0, 0.1) is 17.5 Å². The first-order valence-corrected chi connectivity index (χ1v) is 6.12. The first-order chi connectivity index (χ1) is 9.58. The molecule has 0 aromatic heterocycles. The van der Waals surface area contributed by atoms with Gasteiger partial charge >= 0.3 is 0 Å². The molecule has 1 aliphatic heterocycles. The Hall–Kier alpha value is -2.30. The van der Waals surface area contributed by atoms with Crippen LogP contribution in [0.2, 0.25) is 0 Å². The molecule has 0 spiro atoms. The molecule has 2 aromatic rings. The number of amides is 1.